The molecule has 2 aromatic rings. The highest BCUT2D eigenvalue weighted by Gasteiger charge is 2.21. The maximum Gasteiger partial charge on any atom is 0.343 e. The topological polar surface area (TPSA) is 63.6 Å². The van der Waals surface area contributed by atoms with Crippen molar-refractivity contribution in [3.63, 3.8) is 0 Å². The van der Waals surface area contributed by atoms with Crippen molar-refractivity contribution in [1.82, 2.24) is 9.88 Å². The lowest BCUT2D eigenvalue weighted by Crippen LogP contribution is -2.43. The van der Waals surface area contributed by atoms with Crippen molar-refractivity contribution in [2.24, 2.45) is 0 Å². The zero-order valence-corrected chi connectivity index (χ0v) is 15.9. The minimum Gasteiger partial charge on any atom is -0.462 e. The molecule has 1 aromatic heterocycles. The summed E-state index contributed by atoms with van der Waals surface area (Å²) in [6.07, 6.45) is 3.16. The average molecular weight is 375 g/mol. The number of anilines is 1. The number of hydrogen-bond acceptors (Lipinski definition) is 5. The molecule has 0 saturated carbocycles. The number of ether oxygens (including phenoxy) is 1. The number of carbonyl (C=O) groups is 1. The number of esters is 1. The van der Waals surface area contributed by atoms with Gasteiger partial charge in [0.05, 0.1) is 17.8 Å². The lowest BCUT2D eigenvalue weighted by Gasteiger charge is -2.30. The first-order valence-electron chi connectivity index (χ1n) is 9.56. The smallest absolute Gasteiger partial charge is 0.343 e. The maximum atomic E-state index is 14.8. The van der Waals surface area contributed by atoms with Gasteiger partial charge in [-0.25, -0.2) is 9.18 Å². The van der Waals surface area contributed by atoms with Gasteiger partial charge in [0.2, 0.25) is 5.43 Å². The molecule has 0 amide bonds. The third kappa shape index (κ3) is 3.98. The number of rotatable bonds is 6. The highest BCUT2D eigenvalue weighted by atomic mass is 19.1. The second-order valence-corrected chi connectivity index (χ2v) is 6.71. The molecule has 3 rings (SSSR count). The summed E-state index contributed by atoms with van der Waals surface area (Å²) in [5, 5.41) is 3.45. The van der Waals surface area contributed by atoms with Crippen LogP contribution in [0.2, 0.25) is 0 Å². The van der Waals surface area contributed by atoms with E-state index < -0.39 is 17.2 Å². The second-order valence-electron chi connectivity index (χ2n) is 6.71. The molecule has 1 saturated heterocycles. The molecule has 0 aliphatic carbocycles. The van der Waals surface area contributed by atoms with Crippen LogP contribution in [0.3, 0.4) is 0 Å². The molecule has 1 aromatic carbocycles. The van der Waals surface area contributed by atoms with Crippen molar-refractivity contribution in [2.45, 2.75) is 33.2 Å². The Hall–Kier alpha value is -2.41. The first-order valence-corrected chi connectivity index (χ1v) is 9.56. The van der Waals surface area contributed by atoms with Crippen molar-refractivity contribution < 1.29 is 13.9 Å². The van der Waals surface area contributed by atoms with E-state index >= 15 is 0 Å². The van der Waals surface area contributed by atoms with Gasteiger partial charge < -0.3 is 19.5 Å². The largest absolute Gasteiger partial charge is 0.462 e. The predicted molar refractivity (Wildman–Crippen MR) is 104 cm³/mol. The van der Waals surface area contributed by atoms with Crippen molar-refractivity contribution in [3.8, 4) is 0 Å². The van der Waals surface area contributed by atoms with Crippen molar-refractivity contribution >= 4 is 22.6 Å². The number of hydrogen-bond donors (Lipinski definition) is 1. The Morgan fingerprint density at radius 2 is 2.00 bits per heavy atom. The maximum absolute atomic E-state index is 14.8. The number of aromatic nitrogens is 1. The highest BCUT2D eigenvalue weighted by molar-refractivity contribution is 5.94. The van der Waals surface area contributed by atoms with E-state index in [9.17, 15) is 14.0 Å². The fraction of sp³-hybridized carbons (Fsp3) is 0.500. The van der Waals surface area contributed by atoms with Crippen LogP contribution in [0.15, 0.2) is 23.1 Å². The van der Waals surface area contributed by atoms with Crippen LogP contribution >= 0.6 is 0 Å². The van der Waals surface area contributed by atoms with Crippen molar-refractivity contribution in [3.05, 3.63) is 39.9 Å². The van der Waals surface area contributed by atoms with Gasteiger partial charge in [-0.15, -0.1) is 0 Å². The van der Waals surface area contributed by atoms with Gasteiger partial charge in [0.25, 0.3) is 0 Å². The third-order valence-corrected chi connectivity index (χ3v) is 4.90. The number of halogens is 1. The fourth-order valence-corrected chi connectivity index (χ4v) is 3.34. The monoisotopic (exact) mass is 375 g/mol. The highest BCUT2D eigenvalue weighted by Crippen LogP contribution is 2.25. The van der Waals surface area contributed by atoms with Crippen LogP contribution in [0.25, 0.3) is 10.9 Å². The van der Waals surface area contributed by atoms with E-state index in [1.165, 1.54) is 12.3 Å². The van der Waals surface area contributed by atoms with Crippen LogP contribution in [0.4, 0.5) is 10.1 Å². The Labute approximate surface area is 157 Å². The molecular formula is C20H26FN3O3. The number of benzene rings is 1. The third-order valence-electron chi connectivity index (χ3n) is 4.90. The van der Waals surface area contributed by atoms with E-state index in [1.54, 1.807) is 10.6 Å². The number of piperazine rings is 1. The summed E-state index contributed by atoms with van der Waals surface area (Å²) >= 11 is 0. The van der Waals surface area contributed by atoms with E-state index in [4.69, 9.17) is 4.74 Å². The Morgan fingerprint density at radius 3 is 2.67 bits per heavy atom. The van der Waals surface area contributed by atoms with Crippen LogP contribution < -0.4 is 15.6 Å². The summed E-state index contributed by atoms with van der Waals surface area (Å²) in [6, 6.07) is 2.97. The molecule has 0 unspecified atom stereocenters. The second kappa shape index (κ2) is 8.52. The summed E-state index contributed by atoms with van der Waals surface area (Å²) in [7, 11) is 0. The van der Waals surface area contributed by atoms with Crippen LogP contribution in [-0.2, 0) is 11.3 Å². The SMILES string of the molecule is CCCCOC(=O)c1cn(CC)c2cc(N3CCNCC3)c(F)cc2c1=O. The Balaban J connectivity index is 2.06. The molecule has 1 aliphatic heterocycles. The van der Waals surface area contributed by atoms with Crippen molar-refractivity contribution in [2.75, 3.05) is 37.7 Å². The van der Waals surface area contributed by atoms with E-state index in [-0.39, 0.29) is 17.6 Å². The van der Waals surface area contributed by atoms with Gasteiger partial charge in [-0.2, -0.15) is 0 Å². The van der Waals surface area contributed by atoms with Gasteiger partial charge in [-0.05, 0) is 25.5 Å². The van der Waals surface area contributed by atoms with Crippen LogP contribution in [-0.4, -0.2) is 43.3 Å². The van der Waals surface area contributed by atoms with Crippen LogP contribution in [0, 0.1) is 5.82 Å². The summed E-state index contributed by atoms with van der Waals surface area (Å²) in [6.45, 7) is 7.74. The van der Waals surface area contributed by atoms with Gasteiger partial charge in [0.15, 0.2) is 0 Å². The summed E-state index contributed by atoms with van der Waals surface area (Å²) in [5.41, 5.74) is 0.586. The zero-order chi connectivity index (χ0) is 19.4. The van der Waals surface area contributed by atoms with Gasteiger partial charge in [0.1, 0.15) is 11.4 Å². The zero-order valence-electron chi connectivity index (χ0n) is 15.9. The number of unbranched alkanes of at least 4 members (excludes halogenated alkanes) is 1. The van der Waals surface area contributed by atoms with E-state index in [0.717, 1.165) is 25.9 Å². The number of nitrogens with zero attached hydrogens (tertiary/aromatic N) is 2. The number of nitrogens with one attached hydrogen (secondary N) is 1. The van der Waals surface area contributed by atoms with E-state index in [1.807, 2.05) is 18.7 Å². The first kappa shape index (κ1) is 19.4. The number of carbonyl (C=O) groups excluding carboxylic acids is 1. The fourth-order valence-electron chi connectivity index (χ4n) is 3.34. The summed E-state index contributed by atoms with van der Waals surface area (Å²) < 4.78 is 21.8. The molecule has 27 heavy (non-hydrogen) atoms. The van der Waals surface area contributed by atoms with E-state index in [2.05, 4.69) is 5.32 Å². The molecule has 1 fully saturated rings. The summed E-state index contributed by atoms with van der Waals surface area (Å²) in [5.74, 6) is -1.09. The molecule has 7 heteroatoms. The standard InChI is InChI=1S/C20H26FN3O3/c1-3-5-10-27-20(26)15-13-23(4-2)17-12-18(24-8-6-22-7-9-24)16(21)11-14(17)19(15)25/h11-13,22H,3-10H2,1-2H3. The van der Waals surface area contributed by atoms with Gasteiger partial charge in [-0.3, -0.25) is 4.79 Å². The first-order chi connectivity index (χ1) is 13.1. The Morgan fingerprint density at radius 1 is 1.26 bits per heavy atom. The van der Waals surface area contributed by atoms with Crippen LogP contribution in [0.1, 0.15) is 37.0 Å². The minimum atomic E-state index is -0.649. The molecule has 1 aliphatic rings. The lowest BCUT2D eigenvalue weighted by molar-refractivity contribution is 0.0497. The van der Waals surface area contributed by atoms with Gasteiger partial charge in [0, 0.05) is 44.3 Å². The van der Waals surface area contributed by atoms with Gasteiger partial charge >= 0.3 is 5.97 Å². The Kier molecular flexibility index (Phi) is 6.11. The number of pyridine rings is 1. The quantitative estimate of drug-likeness (QED) is 0.621. The minimum absolute atomic E-state index is 0.0465. The molecule has 1 N–H and O–H groups in total. The molecule has 0 radical (unpaired) electrons. The predicted octanol–water partition coefficient (Wildman–Crippen LogP) is 2.53. The molecular weight excluding hydrogens is 349 g/mol. The van der Waals surface area contributed by atoms with Gasteiger partial charge in [-0.1, -0.05) is 13.3 Å². The number of aryl methyl sites for hydroxylation is 1. The van der Waals surface area contributed by atoms with E-state index in [0.29, 0.717) is 30.8 Å². The van der Waals surface area contributed by atoms with Crippen molar-refractivity contribution in [1.29, 1.82) is 0 Å². The summed E-state index contributed by atoms with van der Waals surface area (Å²) in [4.78, 5) is 27.1. The molecule has 146 valence electrons. The van der Waals surface area contributed by atoms with Crippen LogP contribution in [0.5, 0.6) is 0 Å². The number of fused-ring (bicyclic) bond motifs is 1. The molecule has 6 nitrogen and oxygen atoms in total. The molecule has 2 heterocycles. The molecule has 0 bridgehead atoms. The molecule has 0 spiro atoms. The average Bonchev–Trinajstić information content (AvgIpc) is 2.69. The molecule has 0 atom stereocenters. The lowest BCUT2D eigenvalue weighted by atomic mass is 10.1. The normalized spacial score (nSPS) is 14.6. The Bertz CT molecular complexity index is 888.